The first-order valence-corrected chi connectivity index (χ1v) is 6.75. The lowest BCUT2D eigenvalue weighted by atomic mass is 10.2. The lowest BCUT2D eigenvalue weighted by Gasteiger charge is -2.17. The highest BCUT2D eigenvalue weighted by atomic mass is 16.2. The maximum atomic E-state index is 11.7. The Morgan fingerprint density at radius 1 is 0.913 bits per heavy atom. The summed E-state index contributed by atoms with van der Waals surface area (Å²) in [6, 6.07) is -3.02. The molecule has 0 fully saturated rings. The maximum Gasteiger partial charge on any atom is 0.242 e. The average molecular weight is 330 g/mol. The first kappa shape index (κ1) is 20.3. The van der Waals surface area contributed by atoms with Crippen LogP contribution in [0, 0.1) is 0 Å². The van der Waals surface area contributed by atoms with Crippen molar-refractivity contribution in [2.45, 2.75) is 38.4 Å². The van der Waals surface area contributed by atoms with Crippen LogP contribution in [0.1, 0.15) is 20.3 Å². The van der Waals surface area contributed by atoms with Crippen molar-refractivity contribution in [1.82, 2.24) is 16.0 Å². The van der Waals surface area contributed by atoms with Gasteiger partial charge in [-0.3, -0.25) is 24.0 Å². The van der Waals surface area contributed by atoms with Gasteiger partial charge in [-0.25, -0.2) is 0 Å². The summed E-state index contributed by atoms with van der Waals surface area (Å²) in [6.07, 6.45) is -0.354. The van der Waals surface area contributed by atoms with E-state index >= 15 is 0 Å². The molecule has 9 N–H and O–H groups in total. The second-order valence-corrected chi connectivity index (χ2v) is 4.92. The molecule has 0 bridgehead atoms. The molecular formula is C12H22N6O5. The summed E-state index contributed by atoms with van der Waals surface area (Å²) in [4.78, 5) is 56.2. The quantitative estimate of drug-likeness (QED) is 0.247. The van der Waals surface area contributed by atoms with E-state index in [0.717, 1.165) is 0 Å². The Labute approximate surface area is 132 Å². The fourth-order valence-corrected chi connectivity index (χ4v) is 1.38. The zero-order chi connectivity index (χ0) is 18.2. The zero-order valence-corrected chi connectivity index (χ0v) is 12.9. The standard InChI is InChI=1S/C12H22N6O5/c1-5(10(15)21)17-9(20)4-16-11(22)6(2)18-12(23)7(13)3-8(14)19/h5-7H,3-4,13H2,1-2H3,(H2,14,19)(H2,15,21)(H,16,22)(H,17,20)(H,18,23)/t5-,6-,7-/m0/s1. The zero-order valence-electron chi connectivity index (χ0n) is 12.9. The van der Waals surface area contributed by atoms with Crippen LogP contribution in [0.15, 0.2) is 0 Å². The van der Waals surface area contributed by atoms with Crippen LogP contribution in [-0.2, 0) is 24.0 Å². The third-order valence-electron chi connectivity index (χ3n) is 2.74. The summed E-state index contributed by atoms with van der Waals surface area (Å²) in [5.41, 5.74) is 15.3. The highest BCUT2D eigenvalue weighted by Gasteiger charge is 2.21. The number of carbonyl (C=O) groups is 5. The fraction of sp³-hybridized carbons (Fsp3) is 0.583. The minimum Gasteiger partial charge on any atom is -0.370 e. The second-order valence-electron chi connectivity index (χ2n) is 4.92. The molecule has 0 rings (SSSR count). The van der Waals surface area contributed by atoms with Gasteiger partial charge in [-0.1, -0.05) is 0 Å². The van der Waals surface area contributed by atoms with E-state index in [0.29, 0.717) is 0 Å². The van der Waals surface area contributed by atoms with Crippen molar-refractivity contribution in [3.05, 3.63) is 0 Å². The SMILES string of the molecule is C[C@H](NC(=O)CNC(=O)[C@H](C)NC(=O)[C@@H](N)CC(N)=O)C(N)=O. The first-order chi connectivity index (χ1) is 10.5. The predicted molar refractivity (Wildman–Crippen MR) is 79.2 cm³/mol. The number of primary amides is 2. The van der Waals surface area contributed by atoms with Gasteiger partial charge in [0.2, 0.25) is 29.5 Å². The van der Waals surface area contributed by atoms with Crippen LogP contribution >= 0.6 is 0 Å². The molecule has 0 aliphatic rings. The molecule has 0 aliphatic heterocycles. The van der Waals surface area contributed by atoms with E-state index in [9.17, 15) is 24.0 Å². The number of nitrogens with one attached hydrogen (secondary N) is 3. The monoisotopic (exact) mass is 330 g/mol. The van der Waals surface area contributed by atoms with E-state index in [1.165, 1.54) is 13.8 Å². The van der Waals surface area contributed by atoms with Crippen molar-refractivity contribution in [2.24, 2.45) is 17.2 Å². The average Bonchev–Trinajstić information content (AvgIpc) is 2.43. The molecule has 23 heavy (non-hydrogen) atoms. The van der Waals surface area contributed by atoms with Crippen molar-refractivity contribution in [3.63, 3.8) is 0 Å². The normalized spacial score (nSPS) is 14.0. The second kappa shape index (κ2) is 9.35. The lowest BCUT2D eigenvalue weighted by molar-refractivity contribution is -0.131. The summed E-state index contributed by atoms with van der Waals surface area (Å²) >= 11 is 0. The first-order valence-electron chi connectivity index (χ1n) is 6.75. The topological polar surface area (TPSA) is 200 Å². The minimum atomic E-state index is -1.16. The Morgan fingerprint density at radius 2 is 1.48 bits per heavy atom. The Morgan fingerprint density at radius 3 is 1.96 bits per heavy atom. The summed E-state index contributed by atoms with van der Waals surface area (Å²) in [5.74, 6) is -3.45. The Kier molecular flexibility index (Phi) is 8.26. The summed E-state index contributed by atoms with van der Waals surface area (Å²) in [5, 5.41) is 6.81. The van der Waals surface area contributed by atoms with Crippen LogP contribution in [0.2, 0.25) is 0 Å². The van der Waals surface area contributed by atoms with Gasteiger partial charge in [-0.15, -0.1) is 0 Å². The molecule has 0 saturated heterocycles. The predicted octanol–water partition coefficient (Wildman–Crippen LogP) is -4.20. The summed E-state index contributed by atoms with van der Waals surface area (Å²) in [7, 11) is 0. The van der Waals surface area contributed by atoms with Crippen molar-refractivity contribution in [3.8, 4) is 0 Å². The van der Waals surface area contributed by atoms with Crippen LogP contribution in [-0.4, -0.2) is 54.2 Å². The number of hydrogen-bond acceptors (Lipinski definition) is 6. The van der Waals surface area contributed by atoms with E-state index in [2.05, 4.69) is 16.0 Å². The Bertz CT molecular complexity index is 494. The molecule has 0 unspecified atom stereocenters. The molecule has 0 aliphatic carbocycles. The van der Waals surface area contributed by atoms with E-state index in [4.69, 9.17) is 17.2 Å². The minimum absolute atomic E-state index is 0.354. The smallest absolute Gasteiger partial charge is 0.242 e. The molecule has 0 aromatic heterocycles. The molecule has 0 spiro atoms. The molecule has 0 radical (unpaired) electrons. The van der Waals surface area contributed by atoms with Gasteiger partial charge in [0.15, 0.2) is 0 Å². The molecule has 0 heterocycles. The van der Waals surface area contributed by atoms with Crippen LogP contribution in [0.3, 0.4) is 0 Å². The fourth-order valence-electron chi connectivity index (χ4n) is 1.38. The number of rotatable bonds is 9. The molecule has 0 aromatic rings. The number of amides is 5. The molecule has 11 nitrogen and oxygen atoms in total. The molecule has 130 valence electrons. The summed E-state index contributed by atoms with van der Waals surface area (Å²) in [6.45, 7) is 2.36. The molecular weight excluding hydrogens is 308 g/mol. The van der Waals surface area contributed by atoms with E-state index in [-0.39, 0.29) is 6.42 Å². The van der Waals surface area contributed by atoms with E-state index < -0.39 is 54.2 Å². The molecule has 3 atom stereocenters. The van der Waals surface area contributed by atoms with Gasteiger partial charge in [0.1, 0.15) is 12.1 Å². The van der Waals surface area contributed by atoms with Crippen molar-refractivity contribution < 1.29 is 24.0 Å². The van der Waals surface area contributed by atoms with Gasteiger partial charge in [0.05, 0.1) is 19.0 Å². The van der Waals surface area contributed by atoms with Gasteiger partial charge in [-0.05, 0) is 13.8 Å². The molecule has 0 aromatic carbocycles. The van der Waals surface area contributed by atoms with Crippen LogP contribution in [0.4, 0.5) is 0 Å². The third-order valence-corrected chi connectivity index (χ3v) is 2.74. The molecule has 11 heteroatoms. The van der Waals surface area contributed by atoms with Gasteiger partial charge in [0.25, 0.3) is 0 Å². The van der Waals surface area contributed by atoms with Gasteiger partial charge < -0.3 is 33.2 Å². The van der Waals surface area contributed by atoms with E-state index in [1.807, 2.05) is 0 Å². The maximum absolute atomic E-state index is 11.7. The Balaban J connectivity index is 4.25. The number of hydrogen-bond donors (Lipinski definition) is 6. The van der Waals surface area contributed by atoms with Crippen molar-refractivity contribution in [1.29, 1.82) is 0 Å². The highest BCUT2D eigenvalue weighted by molar-refractivity contribution is 5.93. The molecule has 5 amide bonds. The van der Waals surface area contributed by atoms with E-state index in [1.54, 1.807) is 0 Å². The Hall–Kier alpha value is -2.69. The lowest BCUT2D eigenvalue weighted by Crippen LogP contribution is -2.53. The van der Waals surface area contributed by atoms with Crippen molar-refractivity contribution in [2.75, 3.05) is 6.54 Å². The van der Waals surface area contributed by atoms with Crippen LogP contribution in [0.25, 0.3) is 0 Å². The number of nitrogens with two attached hydrogens (primary N) is 3. The summed E-state index contributed by atoms with van der Waals surface area (Å²) < 4.78 is 0. The van der Waals surface area contributed by atoms with Gasteiger partial charge >= 0.3 is 0 Å². The largest absolute Gasteiger partial charge is 0.370 e. The van der Waals surface area contributed by atoms with Gasteiger partial charge in [-0.2, -0.15) is 0 Å². The van der Waals surface area contributed by atoms with Gasteiger partial charge in [0, 0.05) is 0 Å². The highest BCUT2D eigenvalue weighted by Crippen LogP contribution is 1.90. The molecule has 0 saturated carbocycles. The van der Waals surface area contributed by atoms with Crippen molar-refractivity contribution >= 4 is 29.5 Å². The third kappa shape index (κ3) is 8.36. The van der Waals surface area contributed by atoms with Crippen LogP contribution in [0.5, 0.6) is 0 Å². The van der Waals surface area contributed by atoms with Crippen LogP contribution < -0.4 is 33.2 Å². The number of carbonyl (C=O) groups excluding carboxylic acids is 5.